The molecule has 0 amide bonds. The normalized spacial score (nSPS) is 20.5. The monoisotopic (exact) mass is 201 g/mol. The fourth-order valence-electron chi connectivity index (χ4n) is 1.94. The van der Waals surface area contributed by atoms with Gasteiger partial charge >= 0.3 is 0 Å². The van der Waals surface area contributed by atoms with Gasteiger partial charge in [0.1, 0.15) is 9.68 Å². The molecule has 0 bridgehead atoms. The first-order valence-corrected chi connectivity index (χ1v) is 6.97. The Labute approximate surface area is 84.0 Å². The zero-order chi connectivity index (χ0) is 9.52. The van der Waals surface area contributed by atoms with E-state index in [2.05, 4.69) is 15.6 Å². The largest absolute Gasteiger partial charge is 0.337 e. The summed E-state index contributed by atoms with van der Waals surface area (Å²) in [4.78, 5) is 3.74. The number of nitrogens with one attached hydrogen (secondary N) is 3. The van der Waals surface area contributed by atoms with E-state index in [4.69, 9.17) is 0 Å². The van der Waals surface area contributed by atoms with Crippen LogP contribution in [-0.4, -0.2) is 35.6 Å². The lowest BCUT2D eigenvalue weighted by molar-refractivity contribution is 0.415. The first-order chi connectivity index (χ1) is 6.36. The van der Waals surface area contributed by atoms with Gasteiger partial charge in [-0.2, -0.15) is 0 Å². The molecular weight excluding hydrogens is 178 g/mol. The van der Waals surface area contributed by atoms with Crippen LogP contribution in [0.1, 0.15) is 32.1 Å². The van der Waals surface area contributed by atoms with Crippen LogP contribution in [-0.2, 0) is 0 Å². The second kappa shape index (κ2) is 6.54. The van der Waals surface area contributed by atoms with E-state index in [0.29, 0.717) is 5.79 Å². The molecule has 13 heavy (non-hydrogen) atoms. The molecular formula is C9H23N3Si. The predicted molar refractivity (Wildman–Crippen MR) is 60.5 cm³/mol. The molecule has 0 aromatic rings. The lowest BCUT2D eigenvalue weighted by Gasteiger charge is -2.25. The highest BCUT2D eigenvalue weighted by Crippen LogP contribution is 2.16. The third-order valence-corrected chi connectivity index (χ3v) is 4.95. The first kappa shape index (κ1) is 11.2. The fourth-order valence-corrected chi connectivity index (χ4v) is 3.33. The molecule has 3 N–H and O–H groups in total. The van der Waals surface area contributed by atoms with E-state index in [9.17, 15) is 0 Å². The minimum absolute atomic E-state index is 0.192. The SMILES string of the molecule is CNC(NC)[SiH2]NC1CCCCC1. The van der Waals surface area contributed by atoms with Crippen molar-refractivity contribution in [3.05, 3.63) is 0 Å². The molecule has 1 rings (SSSR count). The molecule has 0 aromatic carbocycles. The predicted octanol–water partition coefficient (Wildman–Crippen LogP) is -0.285. The highest BCUT2D eigenvalue weighted by molar-refractivity contribution is 6.34. The van der Waals surface area contributed by atoms with E-state index in [0.717, 1.165) is 6.04 Å². The summed E-state index contributed by atoms with van der Waals surface area (Å²) in [6.07, 6.45) is 7.09. The smallest absolute Gasteiger partial charge is 0.127 e. The van der Waals surface area contributed by atoms with Gasteiger partial charge in [-0.05, 0) is 26.9 Å². The maximum atomic E-state index is 3.74. The molecule has 0 aromatic heterocycles. The van der Waals surface area contributed by atoms with Gasteiger partial charge in [0.2, 0.25) is 0 Å². The van der Waals surface area contributed by atoms with Crippen LogP contribution in [0.3, 0.4) is 0 Å². The van der Waals surface area contributed by atoms with Crippen molar-refractivity contribution in [3.63, 3.8) is 0 Å². The van der Waals surface area contributed by atoms with E-state index in [-0.39, 0.29) is 9.68 Å². The molecule has 0 saturated heterocycles. The second-order valence-electron chi connectivity index (χ2n) is 3.87. The number of rotatable bonds is 5. The molecule has 4 heteroatoms. The van der Waals surface area contributed by atoms with E-state index < -0.39 is 0 Å². The van der Waals surface area contributed by atoms with Gasteiger partial charge in [0.05, 0.1) is 5.79 Å². The number of hydrogen-bond donors (Lipinski definition) is 3. The zero-order valence-electron chi connectivity index (χ0n) is 8.90. The first-order valence-electron chi connectivity index (χ1n) is 5.44. The summed E-state index contributed by atoms with van der Waals surface area (Å²) in [7, 11) is 3.86. The van der Waals surface area contributed by atoms with Crippen LogP contribution in [0.4, 0.5) is 0 Å². The van der Waals surface area contributed by atoms with Gasteiger partial charge in [0.15, 0.2) is 0 Å². The third-order valence-electron chi connectivity index (χ3n) is 2.91. The maximum absolute atomic E-state index is 3.74. The van der Waals surface area contributed by atoms with Gasteiger partial charge < -0.3 is 15.6 Å². The van der Waals surface area contributed by atoms with Gasteiger partial charge in [-0.15, -0.1) is 0 Å². The van der Waals surface area contributed by atoms with Gasteiger partial charge in [-0.25, -0.2) is 0 Å². The van der Waals surface area contributed by atoms with Crippen LogP contribution in [0.15, 0.2) is 0 Å². The van der Waals surface area contributed by atoms with Gasteiger partial charge in [0.25, 0.3) is 0 Å². The summed E-state index contributed by atoms with van der Waals surface area (Å²) in [5.74, 6) is 0.543. The van der Waals surface area contributed by atoms with Crippen molar-refractivity contribution in [2.75, 3.05) is 14.1 Å². The molecule has 0 spiro atoms. The minimum atomic E-state index is -0.192. The molecule has 3 nitrogen and oxygen atoms in total. The van der Waals surface area contributed by atoms with Crippen LogP contribution in [0.5, 0.6) is 0 Å². The summed E-state index contributed by atoms with van der Waals surface area (Å²) in [6.45, 7) is 0. The van der Waals surface area contributed by atoms with E-state index >= 15 is 0 Å². The van der Waals surface area contributed by atoms with Crippen LogP contribution < -0.4 is 15.6 Å². The lowest BCUT2D eigenvalue weighted by Crippen LogP contribution is -2.51. The quantitative estimate of drug-likeness (QED) is 0.423. The molecule has 1 aliphatic carbocycles. The Morgan fingerprint density at radius 2 is 1.69 bits per heavy atom. The average Bonchev–Trinajstić information content (AvgIpc) is 2.21. The Hall–Kier alpha value is 0.0969. The van der Waals surface area contributed by atoms with Crippen LogP contribution in [0.2, 0.25) is 0 Å². The van der Waals surface area contributed by atoms with E-state index in [1.54, 1.807) is 0 Å². The molecule has 0 radical (unpaired) electrons. The van der Waals surface area contributed by atoms with Crippen LogP contribution in [0.25, 0.3) is 0 Å². The van der Waals surface area contributed by atoms with Crippen molar-refractivity contribution in [2.45, 2.75) is 43.9 Å². The van der Waals surface area contributed by atoms with Crippen molar-refractivity contribution in [3.8, 4) is 0 Å². The lowest BCUT2D eigenvalue weighted by atomic mass is 9.96. The summed E-state index contributed by atoms with van der Waals surface area (Å²) in [6, 6.07) is 0.824. The molecule has 0 unspecified atom stereocenters. The highest BCUT2D eigenvalue weighted by Gasteiger charge is 2.13. The highest BCUT2D eigenvalue weighted by atomic mass is 28.2. The zero-order valence-corrected chi connectivity index (χ0v) is 10.3. The summed E-state index contributed by atoms with van der Waals surface area (Å²) < 4.78 is 0. The van der Waals surface area contributed by atoms with Crippen LogP contribution in [0, 0.1) is 0 Å². The molecule has 1 aliphatic rings. The van der Waals surface area contributed by atoms with Crippen LogP contribution >= 0.6 is 0 Å². The molecule has 78 valence electrons. The Morgan fingerprint density at radius 3 is 2.23 bits per heavy atom. The van der Waals surface area contributed by atoms with E-state index in [1.807, 2.05) is 14.1 Å². The Bertz CT molecular complexity index is 122. The minimum Gasteiger partial charge on any atom is -0.337 e. The molecule has 0 aliphatic heterocycles. The molecule has 1 saturated carbocycles. The molecule has 1 fully saturated rings. The van der Waals surface area contributed by atoms with E-state index in [1.165, 1.54) is 32.1 Å². The topological polar surface area (TPSA) is 36.1 Å². The Morgan fingerprint density at radius 1 is 1.08 bits per heavy atom. The second-order valence-corrected chi connectivity index (χ2v) is 5.51. The fraction of sp³-hybridized carbons (Fsp3) is 1.00. The maximum Gasteiger partial charge on any atom is 0.127 e. The van der Waals surface area contributed by atoms with Crippen molar-refractivity contribution >= 4 is 9.68 Å². The van der Waals surface area contributed by atoms with Gasteiger partial charge in [-0.1, -0.05) is 19.3 Å². The third kappa shape index (κ3) is 4.22. The van der Waals surface area contributed by atoms with Crippen molar-refractivity contribution in [2.24, 2.45) is 0 Å². The summed E-state index contributed by atoms with van der Waals surface area (Å²) in [5.41, 5.74) is 0. The Balaban J connectivity index is 2.09. The summed E-state index contributed by atoms with van der Waals surface area (Å²) >= 11 is 0. The van der Waals surface area contributed by atoms with Crippen molar-refractivity contribution in [1.82, 2.24) is 15.6 Å². The van der Waals surface area contributed by atoms with Gasteiger partial charge in [0, 0.05) is 6.04 Å². The molecule has 0 heterocycles. The van der Waals surface area contributed by atoms with Crippen molar-refractivity contribution < 1.29 is 0 Å². The van der Waals surface area contributed by atoms with Crippen molar-refractivity contribution in [1.29, 1.82) is 0 Å². The van der Waals surface area contributed by atoms with Gasteiger partial charge in [-0.3, -0.25) is 0 Å². The Kier molecular flexibility index (Phi) is 5.62. The number of hydrogen-bond acceptors (Lipinski definition) is 3. The standard InChI is InChI=1S/C9H23N3Si/c1-10-9(11-2)13-12-8-6-4-3-5-7-8/h8-12H,3-7,13H2,1-2H3. The average molecular weight is 201 g/mol. The summed E-state index contributed by atoms with van der Waals surface area (Å²) in [5, 5.41) is 6.56. The molecule has 0 atom stereocenters.